The fourth-order valence-corrected chi connectivity index (χ4v) is 7.18. The third-order valence-electron chi connectivity index (χ3n) is 9.72. The van der Waals surface area contributed by atoms with Crippen LogP contribution in [-0.4, -0.2) is 0 Å². The van der Waals surface area contributed by atoms with Gasteiger partial charge in [-0.05, 0) is 97.3 Å². The molecule has 0 amide bonds. The quantitative estimate of drug-likeness (QED) is 0.247. The number of benzene rings is 2. The number of hydrogen-bond donors (Lipinski definition) is 0. The van der Waals surface area contributed by atoms with Gasteiger partial charge in [0.25, 0.3) is 0 Å². The lowest BCUT2D eigenvalue weighted by molar-refractivity contribution is 0.302. The maximum atomic E-state index is 2.43. The SMILES string of the molecule is CCCCCC[C@H]1CC[C@H](c2ccc(-c3ccc([C@H]4CC[C@H](CCCCCC)CC4)cc3)cc2)CC1. The molecule has 0 aliphatic heterocycles. The highest BCUT2D eigenvalue weighted by Crippen LogP contribution is 2.40. The Morgan fingerprint density at radius 2 is 0.806 bits per heavy atom. The Kier molecular flexibility index (Phi) is 11.4. The average Bonchev–Trinajstić information content (AvgIpc) is 2.94. The summed E-state index contributed by atoms with van der Waals surface area (Å²) in [6.45, 7) is 4.63. The summed E-state index contributed by atoms with van der Waals surface area (Å²) in [7, 11) is 0. The Morgan fingerprint density at radius 3 is 1.14 bits per heavy atom. The molecule has 0 atom stereocenters. The molecule has 2 aromatic carbocycles. The smallest absolute Gasteiger partial charge is 0.0162 e. The molecule has 0 unspecified atom stereocenters. The summed E-state index contributed by atoms with van der Waals surface area (Å²) in [4.78, 5) is 0. The summed E-state index contributed by atoms with van der Waals surface area (Å²) >= 11 is 0. The van der Waals surface area contributed by atoms with Gasteiger partial charge >= 0.3 is 0 Å². The van der Waals surface area contributed by atoms with Gasteiger partial charge in [-0.15, -0.1) is 0 Å². The molecule has 0 saturated heterocycles. The van der Waals surface area contributed by atoms with Crippen LogP contribution in [0.2, 0.25) is 0 Å². The molecule has 0 radical (unpaired) electrons. The van der Waals surface area contributed by atoms with Gasteiger partial charge in [0.2, 0.25) is 0 Å². The first-order chi connectivity index (χ1) is 17.8. The van der Waals surface area contributed by atoms with Crippen LogP contribution in [-0.2, 0) is 0 Å². The van der Waals surface area contributed by atoms with Crippen LogP contribution in [0.4, 0.5) is 0 Å². The fourth-order valence-electron chi connectivity index (χ4n) is 7.18. The third kappa shape index (κ3) is 8.22. The molecule has 2 aliphatic carbocycles. The minimum atomic E-state index is 0.787. The molecule has 36 heavy (non-hydrogen) atoms. The molecule has 2 fully saturated rings. The van der Waals surface area contributed by atoms with Gasteiger partial charge in [-0.25, -0.2) is 0 Å². The highest BCUT2D eigenvalue weighted by atomic mass is 14.3. The van der Waals surface area contributed by atoms with Crippen LogP contribution in [0.15, 0.2) is 48.5 Å². The number of hydrogen-bond acceptors (Lipinski definition) is 0. The largest absolute Gasteiger partial charge is 0.0654 e. The zero-order valence-electron chi connectivity index (χ0n) is 23.7. The third-order valence-corrected chi connectivity index (χ3v) is 9.72. The summed E-state index contributed by atoms with van der Waals surface area (Å²) in [5.41, 5.74) is 5.91. The highest BCUT2D eigenvalue weighted by Gasteiger charge is 2.23. The van der Waals surface area contributed by atoms with E-state index in [4.69, 9.17) is 0 Å². The number of rotatable bonds is 13. The summed E-state index contributed by atoms with van der Waals surface area (Å²) in [5.74, 6) is 3.57. The molecule has 0 N–H and O–H groups in total. The first kappa shape index (κ1) is 27.5. The van der Waals surface area contributed by atoms with Gasteiger partial charge in [0.15, 0.2) is 0 Å². The maximum Gasteiger partial charge on any atom is -0.0162 e. The van der Waals surface area contributed by atoms with Gasteiger partial charge in [-0.1, -0.05) is 127 Å². The van der Waals surface area contributed by atoms with E-state index in [1.165, 1.54) is 127 Å². The van der Waals surface area contributed by atoms with E-state index in [1.807, 2.05) is 0 Å². The van der Waals surface area contributed by atoms with Crippen molar-refractivity contribution in [3.63, 3.8) is 0 Å². The standard InChI is InChI=1S/C36H54/c1-3-5-7-9-11-29-13-17-31(18-14-29)33-21-25-35(26-22-33)36-27-23-34(24-28-36)32-19-15-30(16-20-32)12-10-8-6-4-2/h21-32H,3-20H2,1-2H3/t29-,30-,31-,32-. The monoisotopic (exact) mass is 486 g/mol. The van der Waals surface area contributed by atoms with Crippen molar-refractivity contribution in [2.45, 2.75) is 141 Å². The minimum Gasteiger partial charge on any atom is -0.0654 e. The van der Waals surface area contributed by atoms with Crippen LogP contribution >= 0.6 is 0 Å². The average molecular weight is 487 g/mol. The Labute approximate surface area is 223 Å². The van der Waals surface area contributed by atoms with Crippen molar-refractivity contribution in [3.05, 3.63) is 59.7 Å². The molecule has 0 spiro atoms. The Balaban J connectivity index is 1.22. The fraction of sp³-hybridized carbons (Fsp3) is 0.667. The Bertz CT molecular complexity index is 755. The van der Waals surface area contributed by atoms with Crippen molar-refractivity contribution in [3.8, 4) is 11.1 Å². The van der Waals surface area contributed by atoms with Crippen LogP contribution in [0.25, 0.3) is 11.1 Å². The molecule has 2 aliphatic rings. The van der Waals surface area contributed by atoms with Crippen molar-refractivity contribution in [2.75, 3.05) is 0 Å². The lowest BCUT2D eigenvalue weighted by Crippen LogP contribution is -2.13. The van der Waals surface area contributed by atoms with Crippen molar-refractivity contribution < 1.29 is 0 Å². The zero-order chi connectivity index (χ0) is 25.0. The lowest BCUT2D eigenvalue weighted by atomic mass is 9.76. The van der Waals surface area contributed by atoms with Gasteiger partial charge in [0.05, 0.1) is 0 Å². The molecule has 0 heterocycles. The van der Waals surface area contributed by atoms with E-state index in [2.05, 4.69) is 62.4 Å². The van der Waals surface area contributed by atoms with Gasteiger partial charge in [0, 0.05) is 0 Å². The molecular formula is C36H54. The van der Waals surface area contributed by atoms with Crippen LogP contribution in [0.1, 0.15) is 152 Å². The summed E-state index contributed by atoms with van der Waals surface area (Å²) in [6, 6.07) is 19.2. The highest BCUT2D eigenvalue weighted by molar-refractivity contribution is 5.64. The van der Waals surface area contributed by atoms with E-state index >= 15 is 0 Å². The molecular weight excluding hydrogens is 432 g/mol. The molecule has 198 valence electrons. The van der Waals surface area contributed by atoms with Crippen LogP contribution in [0, 0.1) is 11.8 Å². The van der Waals surface area contributed by atoms with Crippen LogP contribution in [0.5, 0.6) is 0 Å². The van der Waals surface area contributed by atoms with E-state index in [-0.39, 0.29) is 0 Å². The topological polar surface area (TPSA) is 0 Å². The Hall–Kier alpha value is -1.56. The second kappa shape index (κ2) is 15.0. The molecule has 2 saturated carbocycles. The van der Waals surface area contributed by atoms with Crippen molar-refractivity contribution in [2.24, 2.45) is 11.8 Å². The molecule has 0 aromatic heterocycles. The maximum absolute atomic E-state index is 2.43. The van der Waals surface area contributed by atoms with Gasteiger partial charge < -0.3 is 0 Å². The second-order valence-electron chi connectivity index (χ2n) is 12.4. The zero-order valence-corrected chi connectivity index (χ0v) is 23.7. The van der Waals surface area contributed by atoms with E-state index in [0.717, 1.165) is 23.7 Å². The van der Waals surface area contributed by atoms with Crippen molar-refractivity contribution in [1.29, 1.82) is 0 Å². The molecule has 0 nitrogen and oxygen atoms in total. The van der Waals surface area contributed by atoms with Gasteiger partial charge in [-0.3, -0.25) is 0 Å². The van der Waals surface area contributed by atoms with E-state index in [9.17, 15) is 0 Å². The summed E-state index contributed by atoms with van der Waals surface area (Å²) in [6.07, 6.45) is 25.7. The van der Waals surface area contributed by atoms with Gasteiger partial charge in [-0.2, -0.15) is 0 Å². The normalized spacial score (nSPS) is 24.6. The lowest BCUT2D eigenvalue weighted by Gasteiger charge is -2.29. The van der Waals surface area contributed by atoms with Crippen LogP contribution in [0.3, 0.4) is 0 Å². The number of unbranched alkanes of at least 4 members (excludes halogenated alkanes) is 6. The van der Waals surface area contributed by atoms with Crippen molar-refractivity contribution >= 4 is 0 Å². The molecule has 0 heteroatoms. The molecule has 4 rings (SSSR count). The van der Waals surface area contributed by atoms with E-state index < -0.39 is 0 Å². The first-order valence-electron chi connectivity index (χ1n) is 16.0. The molecule has 0 bridgehead atoms. The van der Waals surface area contributed by atoms with Crippen LogP contribution < -0.4 is 0 Å². The summed E-state index contributed by atoms with van der Waals surface area (Å²) < 4.78 is 0. The minimum absolute atomic E-state index is 0.787. The van der Waals surface area contributed by atoms with E-state index in [0.29, 0.717) is 0 Å². The van der Waals surface area contributed by atoms with Gasteiger partial charge in [0.1, 0.15) is 0 Å². The Morgan fingerprint density at radius 1 is 0.444 bits per heavy atom. The van der Waals surface area contributed by atoms with Crippen molar-refractivity contribution in [1.82, 2.24) is 0 Å². The predicted octanol–water partition coefficient (Wildman–Crippen LogP) is 11.8. The first-order valence-corrected chi connectivity index (χ1v) is 16.0. The predicted molar refractivity (Wildman–Crippen MR) is 159 cm³/mol. The second-order valence-corrected chi connectivity index (χ2v) is 12.4. The van der Waals surface area contributed by atoms with E-state index in [1.54, 1.807) is 11.1 Å². The summed E-state index contributed by atoms with van der Waals surface area (Å²) in [5, 5.41) is 0. The molecule has 2 aromatic rings.